The molecule has 1 atom stereocenters. The van der Waals surface area contributed by atoms with Gasteiger partial charge in [0.25, 0.3) is 5.91 Å². The minimum Gasteiger partial charge on any atom is -0.468 e. The lowest BCUT2D eigenvalue weighted by Crippen LogP contribution is -2.34. The maximum Gasteiger partial charge on any atom is 0.291 e. The summed E-state index contributed by atoms with van der Waals surface area (Å²) in [7, 11) is 3.86. The Morgan fingerprint density at radius 3 is 2.65 bits per heavy atom. The van der Waals surface area contributed by atoms with Gasteiger partial charge in [-0.25, -0.2) is 9.67 Å². The molecule has 0 fully saturated rings. The van der Waals surface area contributed by atoms with Crippen LogP contribution in [0.4, 0.5) is 0 Å². The summed E-state index contributed by atoms with van der Waals surface area (Å²) in [6.45, 7) is 2.18. The van der Waals surface area contributed by atoms with Crippen LogP contribution in [0.2, 0.25) is 5.02 Å². The number of rotatable bonds is 6. The molecule has 7 nitrogen and oxygen atoms in total. The second-order valence-electron chi connectivity index (χ2n) is 6.08. The summed E-state index contributed by atoms with van der Waals surface area (Å²) >= 11 is 5.91. The molecule has 1 unspecified atom stereocenters. The first kappa shape index (κ1) is 18.2. The zero-order chi connectivity index (χ0) is 18.7. The topological polar surface area (TPSA) is 76.2 Å². The molecular formula is C18H20ClN5O2. The Morgan fingerprint density at radius 1 is 1.31 bits per heavy atom. The van der Waals surface area contributed by atoms with E-state index >= 15 is 0 Å². The molecule has 136 valence electrons. The predicted molar refractivity (Wildman–Crippen MR) is 98.6 cm³/mol. The number of hydrogen-bond acceptors (Lipinski definition) is 5. The van der Waals surface area contributed by atoms with Gasteiger partial charge in [0.05, 0.1) is 18.0 Å². The summed E-state index contributed by atoms with van der Waals surface area (Å²) in [5.41, 5.74) is 0.792. The molecule has 3 aromatic rings. The Labute approximate surface area is 156 Å². The van der Waals surface area contributed by atoms with Crippen molar-refractivity contribution in [2.24, 2.45) is 0 Å². The summed E-state index contributed by atoms with van der Waals surface area (Å²) in [6, 6.07) is 10.8. The number of benzene rings is 1. The van der Waals surface area contributed by atoms with Crippen LogP contribution in [0.3, 0.4) is 0 Å². The summed E-state index contributed by atoms with van der Waals surface area (Å²) in [6.07, 6.45) is 1.62. The van der Waals surface area contributed by atoms with E-state index in [9.17, 15) is 4.79 Å². The minimum atomic E-state index is -0.334. The molecular weight excluding hydrogens is 354 g/mol. The van der Waals surface area contributed by atoms with Crippen molar-refractivity contribution < 1.29 is 9.21 Å². The number of likely N-dealkylation sites (N-methyl/N-ethyl adjacent to an activating group) is 1. The van der Waals surface area contributed by atoms with E-state index in [0.29, 0.717) is 17.4 Å². The fourth-order valence-electron chi connectivity index (χ4n) is 2.60. The van der Waals surface area contributed by atoms with E-state index in [0.717, 1.165) is 11.4 Å². The first-order valence-corrected chi connectivity index (χ1v) is 8.51. The van der Waals surface area contributed by atoms with Gasteiger partial charge in [-0.15, -0.1) is 5.10 Å². The van der Waals surface area contributed by atoms with Gasteiger partial charge < -0.3 is 9.73 Å². The highest BCUT2D eigenvalue weighted by atomic mass is 35.5. The molecule has 1 N–H and O–H groups in total. The molecule has 1 aromatic carbocycles. The molecule has 8 heteroatoms. The molecule has 1 amide bonds. The summed E-state index contributed by atoms with van der Waals surface area (Å²) < 4.78 is 7.06. The van der Waals surface area contributed by atoms with Gasteiger partial charge >= 0.3 is 0 Å². The Balaban J connectivity index is 1.72. The predicted octanol–water partition coefficient (Wildman–Crippen LogP) is 2.85. The molecule has 0 saturated heterocycles. The molecule has 3 rings (SSSR count). The van der Waals surface area contributed by atoms with Crippen LogP contribution < -0.4 is 5.32 Å². The monoisotopic (exact) mass is 373 g/mol. The van der Waals surface area contributed by atoms with Crippen molar-refractivity contribution in [1.29, 1.82) is 0 Å². The SMILES string of the molecule is Cc1nc(C(=O)NCC(c2ccco2)N(C)C)nn1-c1ccc(Cl)cc1. The zero-order valence-electron chi connectivity index (χ0n) is 14.8. The normalized spacial score (nSPS) is 12.3. The van der Waals surface area contributed by atoms with Crippen LogP contribution in [-0.4, -0.2) is 46.2 Å². The molecule has 26 heavy (non-hydrogen) atoms. The van der Waals surface area contributed by atoms with Crippen molar-refractivity contribution in [3.8, 4) is 5.69 Å². The second-order valence-corrected chi connectivity index (χ2v) is 6.51. The fourth-order valence-corrected chi connectivity index (χ4v) is 2.73. The summed E-state index contributed by atoms with van der Waals surface area (Å²) in [4.78, 5) is 18.7. The number of nitrogens with one attached hydrogen (secondary N) is 1. The van der Waals surface area contributed by atoms with Crippen LogP contribution in [0.15, 0.2) is 47.1 Å². The third-order valence-corrected chi connectivity index (χ3v) is 4.25. The second kappa shape index (κ2) is 7.72. The smallest absolute Gasteiger partial charge is 0.291 e. The molecule has 0 radical (unpaired) electrons. The zero-order valence-corrected chi connectivity index (χ0v) is 15.6. The van der Waals surface area contributed by atoms with Crippen LogP contribution in [0.5, 0.6) is 0 Å². The molecule has 0 bridgehead atoms. The van der Waals surface area contributed by atoms with Gasteiger partial charge in [0.15, 0.2) is 0 Å². The van der Waals surface area contributed by atoms with Crippen molar-refractivity contribution in [2.75, 3.05) is 20.6 Å². The van der Waals surface area contributed by atoms with Crippen molar-refractivity contribution in [3.05, 3.63) is 65.1 Å². The fraction of sp³-hybridized carbons (Fsp3) is 0.278. The summed E-state index contributed by atoms with van der Waals surface area (Å²) in [5.74, 6) is 1.19. The standard InChI is InChI=1S/C18H20ClN5O2/c1-12-21-17(22-24(12)14-8-6-13(19)7-9-14)18(25)20-11-15(23(2)3)16-5-4-10-26-16/h4-10,15H,11H2,1-3H3,(H,20,25). The van der Waals surface area contributed by atoms with Gasteiger partial charge in [-0.05, 0) is 57.4 Å². The van der Waals surface area contributed by atoms with Gasteiger partial charge in [-0.2, -0.15) is 0 Å². The Morgan fingerprint density at radius 2 is 2.04 bits per heavy atom. The van der Waals surface area contributed by atoms with E-state index in [2.05, 4.69) is 15.4 Å². The number of hydrogen-bond donors (Lipinski definition) is 1. The Bertz CT molecular complexity index is 872. The Hall–Kier alpha value is -2.64. The maximum atomic E-state index is 12.5. The average Bonchev–Trinajstić information content (AvgIpc) is 3.25. The van der Waals surface area contributed by atoms with E-state index in [1.807, 2.05) is 43.3 Å². The van der Waals surface area contributed by atoms with E-state index < -0.39 is 0 Å². The van der Waals surface area contributed by atoms with E-state index in [4.69, 9.17) is 16.0 Å². The van der Waals surface area contributed by atoms with Gasteiger partial charge in [-0.1, -0.05) is 11.6 Å². The number of furan rings is 1. The van der Waals surface area contributed by atoms with Gasteiger partial charge in [0.2, 0.25) is 5.82 Å². The van der Waals surface area contributed by atoms with Gasteiger partial charge in [-0.3, -0.25) is 9.69 Å². The number of nitrogens with zero attached hydrogens (tertiary/aromatic N) is 4. The van der Waals surface area contributed by atoms with Gasteiger partial charge in [0, 0.05) is 11.6 Å². The first-order valence-electron chi connectivity index (χ1n) is 8.13. The van der Waals surface area contributed by atoms with E-state index in [1.54, 1.807) is 30.0 Å². The molecule has 0 aliphatic heterocycles. The van der Waals surface area contributed by atoms with Crippen LogP contribution in [0, 0.1) is 6.92 Å². The number of carbonyl (C=O) groups excluding carboxylic acids is 1. The van der Waals surface area contributed by atoms with Crippen molar-refractivity contribution >= 4 is 17.5 Å². The average molecular weight is 374 g/mol. The highest BCUT2D eigenvalue weighted by molar-refractivity contribution is 6.30. The number of carbonyl (C=O) groups is 1. The molecule has 0 aliphatic rings. The quantitative estimate of drug-likeness (QED) is 0.719. The lowest BCUT2D eigenvalue weighted by atomic mass is 10.2. The molecule has 2 heterocycles. The number of amides is 1. The largest absolute Gasteiger partial charge is 0.468 e. The third-order valence-electron chi connectivity index (χ3n) is 3.99. The maximum absolute atomic E-state index is 12.5. The van der Waals surface area contributed by atoms with Crippen molar-refractivity contribution in [1.82, 2.24) is 25.0 Å². The highest BCUT2D eigenvalue weighted by Gasteiger charge is 2.20. The van der Waals surface area contributed by atoms with Crippen molar-refractivity contribution in [3.63, 3.8) is 0 Å². The lowest BCUT2D eigenvalue weighted by Gasteiger charge is -2.22. The Kier molecular flexibility index (Phi) is 5.39. The molecule has 0 aliphatic carbocycles. The number of aryl methyl sites for hydroxylation is 1. The lowest BCUT2D eigenvalue weighted by molar-refractivity contribution is 0.0928. The molecule has 2 aromatic heterocycles. The van der Waals surface area contributed by atoms with Crippen molar-refractivity contribution in [2.45, 2.75) is 13.0 Å². The van der Waals surface area contributed by atoms with Crippen LogP contribution in [-0.2, 0) is 0 Å². The third kappa shape index (κ3) is 3.95. The van der Waals surface area contributed by atoms with Crippen LogP contribution in [0.25, 0.3) is 5.69 Å². The number of aromatic nitrogens is 3. The van der Waals surface area contributed by atoms with E-state index in [1.165, 1.54) is 0 Å². The van der Waals surface area contributed by atoms with Gasteiger partial charge in [0.1, 0.15) is 11.6 Å². The molecule has 0 spiro atoms. The highest BCUT2D eigenvalue weighted by Crippen LogP contribution is 2.18. The summed E-state index contributed by atoms with van der Waals surface area (Å²) in [5, 5.41) is 7.81. The number of halogens is 1. The molecule has 0 saturated carbocycles. The van der Waals surface area contributed by atoms with Crippen LogP contribution >= 0.6 is 11.6 Å². The first-order chi connectivity index (χ1) is 12.5. The van der Waals surface area contributed by atoms with E-state index in [-0.39, 0.29) is 17.8 Å². The minimum absolute atomic E-state index is 0.0756. The van der Waals surface area contributed by atoms with Crippen LogP contribution in [0.1, 0.15) is 28.2 Å².